The topological polar surface area (TPSA) is 116 Å². The van der Waals surface area contributed by atoms with Crippen molar-refractivity contribution in [3.63, 3.8) is 0 Å². The summed E-state index contributed by atoms with van der Waals surface area (Å²) in [6, 6.07) is 7.13. The first-order valence-electron chi connectivity index (χ1n) is 9.69. The molecule has 0 radical (unpaired) electrons. The predicted octanol–water partition coefficient (Wildman–Crippen LogP) is 3.12. The number of nitrogens with zero attached hydrogens (tertiary/aromatic N) is 1. The first kappa shape index (κ1) is 22.6. The van der Waals surface area contributed by atoms with Gasteiger partial charge in [0.25, 0.3) is 0 Å². The lowest BCUT2D eigenvalue weighted by Crippen LogP contribution is -2.34. The second-order valence-electron chi connectivity index (χ2n) is 7.61. The molecule has 0 spiro atoms. The van der Waals surface area contributed by atoms with Gasteiger partial charge in [-0.1, -0.05) is 25.1 Å². The second-order valence-corrected chi connectivity index (χ2v) is 7.61. The third kappa shape index (κ3) is 6.99. The predicted molar refractivity (Wildman–Crippen MR) is 113 cm³/mol. The zero-order valence-corrected chi connectivity index (χ0v) is 17.5. The monoisotopic (exact) mass is 402 g/mol. The molecule has 1 atom stereocenters. The summed E-state index contributed by atoms with van der Waals surface area (Å²) in [5.74, 6) is -0.113. The molecule has 0 aliphatic heterocycles. The molecular weight excluding hydrogens is 372 g/mol. The van der Waals surface area contributed by atoms with E-state index in [2.05, 4.69) is 15.6 Å². The van der Waals surface area contributed by atoms with Crippen LogP contribution in [-0.4, -0.2) is 42.3 Å². The van der Waals surface area contributed by atoms with E-state index in [0.717, 1.165) is 16.5 Å². The van der Waals surface area contributed by atoms with Gasteiger partial charge in [-0.25, -0.2) is 4.79 Å². The summed E-state index contributed by atoms with van der Waals surface area (Å²) >= 11 is 0. The third-order valence-corrected chi connectivity index (χ3v) is 4.00. The van der Waals surface area contributed by atoms with Crippen molar-refractivity contribution in [3.05, 3.63) is 36.0 Å². The van der Waals surface area contributed by atoms with Crippen molar-refractivity contribution in [2.75, 3.05) is 25.1 Å². The van der Waals surface area contributed by atoms with E-state index in [1.165, 1.54) is 0 Å². The molecule has 1 aromatic carbocycles. The van der Waals surface area contributed by atoms with Crippen LogP contribution in [0.15, 0.2) is 30.5 Å². The van der Waals surface area contributed by atoms with E-state index < -0.39 is 17.7 Å². The van der Waals surface area contributed by atoms with E-state index >= 15 is 0 Å². The van der Waals surface area contributed by atoms with Crippen LogP contribution in [0.25, 0.3) is 10.9 Å². The van der Waals surface area contributed by atoms with Crippen LogP contribution in [-0.2, 0) is 14.3 Å². The highest BCUT2D eigenvalue weighted by Crippen LogP contribution is 2.29. The number of fused-ring (bicyclic) bond motifs is 1. The number of hydrogen-bond acceptors (Lipinski definition) is 6. The molecule has 0 saturated carbocycles. The Labute approximate surface area is 171 Å². The quantitative estimate of drug-likeness (QED) is 0.584. The van der Waals surface area contributed by atoms with E-state index in [1.54, 1.807) is 33.9 Å². The van der Waals surface area contributed by atoms with Crippen molar-refractivity contribution in [3.8, 4) is 0 Å². The SMILES string of the molecule is CCC(=O)Nc1cnc2ccccc2c1C(N)COCCNC(=O)OC(C)(C)C. The molecule has 1 heterocycles. The number of benzene rings is 1. The summed E-state index contributed by atoms with van der Waals surface area (Å²) in [5.41, 5.74) is 7.99. The van der Waals surface area contributed by atoms with Gasteiger partial charge in [0, 0.05) is 23.9 Å². The molecule has 2 rings (SSSR count). The molecule has 0 bridgehead atoms. The first-order valence-corrected chi connectivity index (χ1v) is 9.69. The standard InChI is InChI=1S/C21H30N4O4/c1-5-18(26)25-17-12-24-16-9-7-6-8-14(16)19(17)15(22)13-28-11-10-23-20(27)29-21(2,3)4/h6-9,12,15H,5,10-11,13,22H2,1-4H3,(H,23,27)(H,25,26). The number of carbonyl (C=O) groups excluding carboxylic acids is 2. The lowest BCUT2D eigenvalue weighted by Gasteiger charge is -2.20. The van der Waals surface area contributed by atoms with Crippen LogP contribution in [0, 0.1) is 0 Å². The largest absolute Gasteiger partial charge is 0.444 e. The van der Waals surface area contributed by atoms with Gasteiger partial charge in [-0.15, -0.1) is 0 Å². The molecule has 158 valence electrons. The fraction of sp³-hybridized carbons (Fsp3) is 0.476. The summed E-state index contributed by atoms with van der Waals surface area (Å²) in [6.07, 6.45) is 1.49. The van der Waals surface area contributed by atoms with Crippen molar-refractivity contribution >= 4 is 28.6 Å². The number of para-hydroxylation sites is 1. The van der Waals surface area contributed by atoms with Crippen molar-refractivity contribution in [2.24, 2.45) is 5.73 Å². The molecule has 0 aliphatic rings. The number of aromatic nitrogens is 1. The van der Waals surface area contributed by atoms with Crippen LogP contribution >= 0.6 is 0 Å². The van der Waals surface area contributed by atoms with E-state index in [1.807, 2.05) is 24.3 Å². The number of amides is 2. The Hall–Kier alpha value is -2.71. The van der Waals surface area contributed by atoms with Gasteiger partial charge in [0.05, 0.1) is 36.7 Å². The van der Waals surface area contributed by atoms with E-state index in [4.69, 9.17) is 15.2 Å². The molecule has 1 unspecified atom stereocenters. The minimum absolute atomic E-state index is 0.113. The lowest BCUT2D eigenvalue weighted by molar-refractivity contribution is -0.115. The lowest BCUT2D eigenvalue weighted by atomic mass is 10.0. The van der Waals surface area contributed by atoms with E-state index in [0.29, 0.717) is 18.7 Å². The zero-order valence-electron chi connectivity index (χ0n) is 17.5. The highest BCUT2D eigenvalue weighted by Gasteiger charge is 2.18. The Morgan fingerprint density at radius 2 is 1.97 bits per heavy atom. The van der Waals surface area contributed by atoms with Gasteiger partial charge in [0.2, 0.25) is 5.91 Å². The Morgan fingerprint density at radius 3 is 2.66 bits per heavy atom. The zero-order chi connectivity index (χ0) is 21.4. The summed E-state index contributed by atoms with van der Waals surface area (Å²) < 4.78 is 10.8. The Morgan fingerprint density at radius 1 is 1.24 bits per heavy atom. The Bertz CT molecular complexity index is 848. The number of ether oxygens (including phenoxy) is 2. The average molecular weight is 402 g/mol. The van der Waals surface area contributed by atoms with Crippen LogP contribution in [0.4, 0.5) is 10.5 Å². The second kappa shape index (κ2) is 10.2. The molecule has 8 nitrogen and oxygen atoms in total. The highest BCUT2D eigenvalue weighted by atomic mass is 16.6. The van der Waals surface area contributed by atoms with Crippen LogP contribution in [0.1, 0.15) is 45.7 Å². The van der Waals surface area contributed by atoms with Crippen LogP contribution < -0.4 is 16.4 Å². The van der Waals surface area contributed by atoms with Gasteiger partial charge in [0.1, 0.15) is 5.60 Å². The van der Waals surface area contributed by atoms with Gasteiger partial charge in [0.15, 0.2) is 0 Å². The number of pyridine rings is 1. The number of nitrogens with two attached hydrogens (primary N) is 1. The number of rotatable bonds is 8. The van der Waals surface area contributed by atoms with Gasteiger partial charge in [-0.05, 0) is 26.8 Å². The summed E-state index contributed by atoms with van der Waals surface area (Å²) in [4.78, 5) is 27.9. The van der Waals surface area contributed by atoms with Crippen molar-refractivity contribution < 1.29 is 19.1 Å². The van der Waals surface area contributed by atoms with Crippen LogP contribution in [0.5, 0.6) is 0 Å². The molecule has 0 aliphatic carbocycles. The first-order chi connectivity index (χ1) is 13.7. The minimum atomic E-state index is -0.547. The Balaban J connectivity index is 2.00. The van der Waals surface area contributed by atoms with Gasteiger partial charge < -0.3 is 25.8 Å². The number of alkyl carbamates (subject to hydrolysis) is 1. The van der Waals surface area contributed by atoms with Gasteiger partial charge >= 0.3 is 6.09 Å². The van der Waals surface area contributed by atoms with E-state index in [9.17, 15) is 9.59 Å². The van der Waals surface area contributed by atoms with Gasteiger partial charge in [-0.2, -0.15) is 0 Å². The van der Waals surface area contributed by atoms with Crippen LogP contribution in [0.2, 0.25) is 0 Å². The summed E-state index contributed by atoms with van der Waals surface area (Å²) in [7, 11) is 0. The third-order valence-electron chi connectivity index (χ3n) is 4.00. The highest BCUT2D eigenvalue weighted by molar-refractivity contribution is 5.95. The maximum Gasteiger partial charge on any atom is 0.407 e. The fourth-order valence-electron chi connectivity index (χ4n) is 2.73. The minimum Gasteiger partial charge on any atom is -0.444 e. The van der Waals surface area contributed by atoms with Crippen molar-refractivity contribution in [1.82, 2.24) is 10.3 Å². The Kier molecular flexibility index (Phi) is 7.92. The number of anilines is 1. The van der Waals surface area contributed by atoms with E-state index in [-0.39, 0.29) is 19.1 Å². The number of carbonyl (C=O) groups is 2. The molecule has 2 aromatic rings. The molecule has 29 heavy (non-hydrogen) atoms. The molecule has 1 aromatic heterocycles. The number of nitrogens with one attached hydrogen (secondary N) is 2. The number of hydrogen-bond donors (Lipinski definition) is 3. The maximum absolute atomic E-state index is 11.9. The van der Waals surface area contributed by atoms with Crippen molar-refractivity contribution in [1.29, 1.82) is 0 Å². The molecule has 0 saturated heterocycles. The molecule has 2 amide bonds. The molecule has 4 N–H and O–H groups in total. The molecule has 8 heteroatoms. The van der Waals surface area contributed by atoms with Crippen molar-refractivity contribution in [2.45, 2.75) is 45.8 Å². The maximum atomic E-state index is 11.9. The summed E-state index contributed by atoms with van der Waals surface area (Å²) in [6.45, 7) is 8.00. The fourth-order valence-corrected chi connectivity index (χ4v) is 2.73. The molecular formula is C21H30N4O4. The smallest absolute Gasteiger partial charge is 0.407 e. The normalized spacial score (nSPS) is 12.4. The molecule has 0 fully saturated rings. The summed E-state index contributed by atoms with van der Waals surface area (Å²) in [5, 5.41) is 6.36. The average Bonchev–Trinajstić information content (AvgIpc) is 2.65. The van der Waals surface area contributed by atoms with Gasteiger partial charge in [-0.3, -0.25) is 9.78 Å². The van der Waals surface area contributed by atoms with Crippen LogP contribution in [0.3, 0.4) is 0 Å².